The molecule has 1 atom stereocenters. The fraction of sp³-hybridized carbons (Fsp3) is 0.273. The van der Waals surface area contributed by atoms with Gasteiger partial charge in [-0.25, -0.2) is 9.78 Å². The zero-order valence-corrected chi connectivity index (χ0v) is 16.2. The van der Waals surface area contributed by atoms with E-state index >= 15 is 0 Å². The number of hydrogen-bond donors (Lipinski definition) is 1. The van der Waals surface area contributed by atoms with E-state index in [1.54, 1.807) is 0 Å². The molecule has 0 amide bonds. The number of anilines is 1. The number of nitrogens with zero attached hydrogens (tertiary/aromatic N) is 2. The van der Waals surface area contributed by atoms with Crippen LogP contribution in [-0.4, -0.2) is 28.7 Å². The van der Waals surface area contributed by atoms with Crippen molar-refractivity contribution in [1.29, 1.82) is 0 Å². The van der Waals surface area contributed by atoms with Gasteiger partial charge in [-0.3, -0.25) is 4.57 Å². The molecule has 28 heavy (non-hydrogen) atoms. The van der Waals surface area contributed by atoms with Crippen LogP contribution in [-0.2, 0) is 9.53 Å². The van der Waals surface area contributed by atoms with Gasteiger partial charge in [-0.15, -0.1) is 0 Å². The summed E-state index contributed by atoms with van der Waals surface area (Å²) in [6.07, 6.45) is 0. The molecule has 1 aromatic heterocycles. The maximum atomic E-state index is 12.9. The molecule has 0 radical (unpaired) electrons. The van der Waals surface area contributed by atoms with Gasteiger partial charge in [0.15, 0.2) is 0 Å². The summed E-state index contributed by atoms with van der Waals surface area (Å²) in [5.74, 6) is 1.19. The molecule has 2 heterocycles. The molecule has 4 rings (SSSR count). The highest BCUT2D eigenvalue weighted by molar-refractivity contribution is 5.94. The van der Waals surface area contributed by atoms with Crippen molar-refractivity contribution < 1.29 is 14.3 Å². The SMILES string of the molecule is CCOC(=O)C1=C(C)Nc2nc3ccccc3n2C1c1ccc(OCC)cc1. The Kier molecular flexibility index (Phi) is 4.77. The van der Waals surface area contributed by atoms with E-state index in [4.69, 9.17) is 14.5 Å². The van der Waals surface area contributed by atoms with Crippen molar-refractivity contribution in [2.75, 3.05) is 18.5 Å². The molecule has 0 fully saturated rings. The minimum Gasteiger partial charge on any atom is -0.494 e. The summed E-state index contributed by atoms with van der Waals surface area (Å²) >= 11 is 0. The normalized spacial score (nSPS) is 15.9. The molecule has 1 aliphatic rings. The van der Waals surface area contributed by atoms with E-state index in [9.17, 15) is 4.79 Å². The van der Waals surface area contributed by atoms with Crippen molar-refractivity contribution >= 4 is 23.0 Å². The molecular weight excluding hydrogens is 354 g/mol. The van der Waals surface area contributed by atoms with Crippen molar-refractivity contribution in [1.82, 2.24) is 9.55 Å². The van der Waals surface area contributed by atoms with Crippen LogP contribution in [0.5, 0.6) is 5.75 Å². The highest BCUT2D eigenvalue weighted by Crippen LogP contribution is 2.39. The lowest BCUT2D eigenvalue weighted by atomic mass is 9.95. The van der Waals surface area contributed by atoms with E-state index in [2.05, 4.69) is 9.88 Å². The molecular formula is C22H23N3O3. The predicted octanol–water partition coefficient (Wildman–Crippen LogP) is 4.29. The zero-order chi connectivity index (χ0) is 19.7. The topological polar surface area (TPSA) is 65.4 Å². The molecule has 0 saturated heterocycles. The van der Waals surface area contributed by atoms with Crippen molar-refractivity contribution in [3.8, 4) is 5.75 Å². The molecule has 0 bridgehead atoms. The molecule has 6 heteroatoms. The average molecular weight is 377 g/mol. The number of rotatable bonds is 5. The van der Waals surface area contributed by atoms with E-state index in [1.807, 2.05) is 69.3 Å². The number of hydrogen-bond acceptors (Lipinski definition) is 5. The number of fused-ring (bicyclic) bond motifs is 3. The second kappa shape index (κ2) is 7.38. The summed E-state index contributed by atoms with van der Waals surface area (Å²) in [6.45, 7) is 6.58. The number of esters is 1. The number of nitrogens with one attached hydrogen (secondary N) is 1. The Labute approximate surface area is 163 Å². The lowest BCUT2D eigenvalue weighted by molar-refractivity contribution is -0.139. The van der Waals surface area contributed by atoms with Crippen molar-refractivity contribution in [3.63, 3.8) is 0 Å². The van der Waals surface area contributed by atoms with E-state index in [0.717, 1.165) is 28.0 Å². The Balaban J connectivity index is 1.90. The Morgan fingerprint density at radius 2 is 1.86 bits per heavy atom. The standard InChI is InChI=1S/C22H23N3O3/c1-4-27-16-12-10-15(11-13-16)20-19(21(26)28-5-2)14(3)23-22-24-17-8-6-7-9-18(17)25(20)22/h6-13,20H,4-5H2,1-3H3,(H,23,24). The third kappa shape index (κ3) is 3.01. The lowest BCUT2D eigenvalue weighted by Crippen LogP contribution is -2.29. The second-order valence-electron chi connectivity index (χ2n) is 6.58. The summed E-state index contributed by atoms with van der Waals surface area (Å²) in [5, 5.41) is 3.28. The number of aromatic nitrogens is 2. The number of carbonyl (C=O) groups is 1. The largest absolute Gasteiger partial charge is 0.494 e. The van der Waals surface area contributed by atoms with E-state index in [-0.39, 0.29) is 12.0 Å². The number of para-hydroxylation sites is 2. The van der Waals surface area contributed by atoms with Gasteiger partial charge >= 0.3 is 5.97 Å². The molecule has 0 spiro atoms. The summed E-state index contributed by atoms with van der Waals surface area (Å²) in [5.41, 5.74) is 4.13. The number of carbonyl (C=O) groups excluding carboxylic acids is 1. The molecule has 1 unspecified atom stereocenters. The van der Waals surface area contributed by atoms with Crippen LogP contribution in [0.2, 0.25) is 0 Å². The maximum Gasteiger partial charge on any atom is 0.338 e. The zero-order valence-electron chi connectivity index (χ0n) is 16.2. The quantitative estimate of drug-likeness (QED) is 0.672. The van der Waals surface area contributed by atoms with Gasteiger partial charge in [-0.1, -0.05) is 24.3 Å². The van der Waals surface area contributed by atoms with Crippen molar-refractivity contribution in [2.45, 2.75) is 26.8 Å². The van der Waals surface area contributed by atoms with Gasteiger partial charge in [-0.2, -0.15) is 0 Å². The van der Waals surface area contributed by atoms with Gasteiger partial charge in [0.25, 0.3) is 0 Å². The molecule has 2 aromatic carbocycles. The maximum absolute atomic E-state index is 12.9. The minimum absolute atomic E-state index is 0.323. The van der Waals surface area contributed by atoms with Crippen LogP contribution in [0.25, 0.3) is 11.0 Å². The number of ether oxygens (including phenoxy) is 2. The Morgan fingerprint density at radius 1 is 1.11 bits per heavy atom. The monoisotopic (exact) mass is 377 g/mol. The first-order valence-electron chi connectivity index (χ1n) is 9.48. The fourth-order valence-corrected chi connectivity index (χ4v) is 3.67. The number of imidazole rings is 1. The Morgan fingerprint density at radius 3 is 2.57 bits per heavy atom. The summed E-state index contributed by atoms with van der Waals surface area (Å²) in [4.78, 5) is 17.6. The van der Waals surface area contributed by atoms with Crippen LogP contribution < -0.4 is 10.1 Å². The van der Waals surface area contributed by atoms with E-state index in [1.165, 1.54) is 0 Å². The van der Waals surface area contributed by atoms with Crippen molar-refractivity contribution in [2.24, 2.45) is 0 Å². The van der Waals surface area contributed by atoms with Crippen molar-refractivity contribution in [3.05, 3.63) is 65.4 Å². The Bertz CT molecular complexity index is 1050. The number of benzene rings is 2. The van der Waals surface area contributed by atoms with Crippen LogP contribution in [0.1, 0.15) is 32.4 Å². The van der Waals surface area contributed by atoms with Crippen LogP contribution >= 0.6 is 0 Å². The first kappa shape index (κ1) is 18.1. The fourth-order valence-electron chi connectivity index (χ4n) is 3.67. The van der Waals surface area contributed by atoms with Gasteiger partial charge < -0.3 is 14.8 Å². The first-order valence-corrected chi connectivity index (χ1v) is 9.48. The smallest absolute Gasteiger partial charge is 0.338 e. The van der Waals surface area contributed by atoms with Crippen LogP contribution in [0.15, 0.2) is 59.8 Å². The molecule has 0 saturated carbocycles. The first-order chi connectivity index (χ1) is 13.6. The van der Waals surface area contributed by atoms with Gasteiger partial charge in [0.05, 0.1) is 35.9 Å². The lowest BCUT2D eigenvalue weighted by Gasteiger charge is -2.30. The van der Waals surface area contributed by atoms with Gasteiger partial charge in [-0.05, 0) is 50.6 Å². The summed E-state index contributed by atoms with van der Waals surface area (Å²) < 4.78 is 13.0. The van der Waals surface area contributed by atoms with Gasteiger partial charge in [0.1, 0.15) is 5.75 Å². The minimum atomic E-state index is -0.335. The molecule has 6 nitrogen and oxygen atoms in total. The number of allylic oxidation sites excluding steroid dienone is 1. The van der Waals surface area contributed by atoms with E-state index < -0.39 is 0 Å². The van der Waals surface area contributed by atoms with Crippen LogP contribution in [0.3, 0.4) is 0 Å². The highest BCUT2D eigenvalue weighted by atomic mass is 16.5. The summed E-state index contributed by atoms with van der Waals surface area (Å²) in [6, 6.07) is 15.4. The molecule has 3 aromatic rings. The molecule has 144 valence electrons. The average Bonchev–Trinajstić information content (AvgIpc) is 3.06. The van der Waals surface area contributed by atoms with E-state index in [0.29, 0.717) is 24.7 Å². The van der Waals surface area contributed by atoms with Gasteiger partial charge in [0, 0.05) is 5.70 Å². The second-order valence-corrected chi connectivity index (χ2v) is 6.58. The third-order valence-corrected chi connectivity index (χ3v) is 4.83. The molecule has 0 aliphatic carbocycles. The molecule has 1 aliphatic heterocycles. The highest BCUT2D eigenvalue weighted by Gasteiger charge is 2.34. The van der Waals surface area contributed by atoms with Gasteiger partial charge in [0.2, 0.25) is 5.95 Å². The van der Waals surface area contributed by atoms with Crippen LogP contribution in [0.4, 0.5) is 5.95 Å². The summed E-state index contributed by atoms with van der Waals surface area (Å²) in [7, 11) is 0. The molecule has 1 N–H and O–H groups in total. The Hall–Kier alpha value is -3.28. The van der Waals surface area contributed by atoms with Crippen LogP contribution in [0, 0.1) is 0 Å². The predicted molar refractivity (Wildman–Crippen MR) is 108 cm³/mol. The third-order valence-electron chi connectivity index (χ3n) is 4.83.